The summed E-state index contributed by atoms with van der Waals surface area (Å²) in [6, 6.07) is 1.99. The molecular formula is C11H15N3O2. The number of aromatic carboxylic acids is 1. The number of nitrogens with zero attached hydrogens (tertiary/aromatic N) is 2. The molecule has 2 rings (SSSR count). The van der Waals surface area contributed by atoms with Crippen LogP contribution in [0.1, 0.15) is 23.2 Å². The topological polar surface area (TPSA) is 79.5 Å². The Morgan fingerprint density at radius 3 is 2.81 bits per heavy atom. The zero-order valence-electron chi connectivity index (χ0n) is 8.97. The Kier molecular flexibility index (Phi) is 3.05. The smallest absolute Gasteiger partial charge is 0.339 e. The molecule has 1 fully saturated rings. The molecule has 0 spiro atoms. The summed E-state index contributed by atoms with van der Waals surface area (Å²) in [7, 11) is 0. The van der Waals surface area contributed by atoms with E-state index in [2.05, 4.69) is 9.88 Å². The minimum Gasteiger partial charge on any atom is -0.478 e. The summed E-state index contributed by atoms with van der Waals surface area (Å²) in [5, 5.41) is 9.06. The highest BCUT2D eigenvalue weighted by atomic mass is 16.4. The van der Waals surface area contributed by atoms with Gasteiger partial charge in [0.1, 0.15) is 5.56 Å². The third kappa shape index (κ3) is 2.14. The average molecular weight is 221 g/mol. The SMILES string of the molecule is NC1CCN(c2ccncc2C(=O)O)CC1. The maximum atomic E-state index is 11.0. The fraction of sp³-hybridized carbons (Fsp3) is 0.455. The van der Waals surface area contributed by atoms with Crippen LogP contribution in [0.15, 0.2) is 18.5 Å². The van der Waals surface area contributed by atoms with Gasteiger partial charge in [-0.05, 0) is 18.9 Å². The van der Waals surface area contributed by atoms with Gasteiger partial charge >= 0.3 is 5.97 Å². The third-order valence-corrected chi connectivity index (χ3v) is 2.91. The van der Waals surface area contributed by atoms with Crippen molar-refractivity contribution in [2.24, 2.45) is 5.73 Å². The van der Waals surface area contributed by atoms with E-state index in [1.54, 1.807) is 12.3 Å². The molecule has 0 aliphatic carbocycles. The summed E-state index contributed by atoms with van der Waals surface area (Å²) in [5.74, 6) is -0.932. The lowest BCUT2D eigenvalue weighted by Crippen LogP contribution is -2.40. The van der Waals surface area contributed by atoms with Gasteiger partial charge < -0.3 is 15.7 Å². The van der Waals surface area contributed by atoms with Crippen LogP contribution in [0.2, 0.25) is 0 Å². The van der Waals surface area contributed by atoms with Crippen molar-refractivity contribution < 1.29 is 9.90 Å². The summed E-state index contributed by atoms with van der Waals surface area (Å²) in [4.78, 5) is 16.9. The predicted molar refractivity (Wildman–Crippen MR) is 60.6 cm³/mol. The molecule has 2 heterocycles. The number of carbonyl (C=O) groups is 1. The van der Waals surface area contributed by atoms with Crippen molar-refractivity contribution >= 4 is 11.7 Å². The van der Waals surface area contributed by atoms with Crippen molar-refractivity contribution in [3.8, 4) is 0 Å². The first-order valence-corrected chi connectivity index (χ1v) is 5.36. The number of anilines is 1. The second kappa shape index (κ2) is 4.49. The molecule has 0 saturated carbocycles. The second-order valence-corrected chi connectivity index (χ2v) is 4.02. The van der Waals surface area contributed by atoms with Crippen LogP contribution in [0.5, 0.6) is 0 Å². The highest BCUT2D eigenvalue weighted by molar-refractivity contribution is 5.94. The maximum Gasteiger partial charge on any atom is 0.339 e. The molecule has 1 aromatic rings. The number of hydrogen-bond acceptors (Lipinski definition) is 4. The van der Waals surface area contributed by atoms with Crippen molar-refractivity contribution in [3.05, 3.63) is 24.0 Å². The fourth-order valence-electron chi connectivity index (χ4n) is 1.97. The highest BCUT2D eigenvalue weighted by Gasteiger charge is 2.20. The van der Waals surface area contributed by atoms with Crippen LogP contribution >= 0.6 is 0 Å². The lowest BCUT2D eigenvalue weighted by molar-refractivity contribution is 0.0697. The molecule has 0 amide bonds. The monoisotopic (exact) mass is 221 g/mol. The van der Waals surface area contributed by atoms with Gasteiger partial charge in [0, 0.05) is 31.5 Å². The molecule has 0 radical (unpaired) electrons. The van der Waals surface area contributed by atoms with E-state index in [0.717, 1.165) is 31.6 Å². The number of piperidine rings is 1. The number of hydrogen-bond donors (Lipinski definition) is 2. The molecule has 0 aromatic carbocycles. The summed E-state index contributed by atoms with van der Waals surface area (Å²) >= 11 is 0. The minimum atomic E-state index is -0.932. The number of aromatic nitrogens is 1. The Bertz CT molecular complexity index is 387. The van der Waals surface area contributed by atoms with Crippen LogP contribution in [0, 0.1) is 0 Å². The van der Waals surface area contributed by atoms with Gasteiger partial charge in [-0.1, -0.05) is 0 Å². The summed E-state index contributed by atoms with van der Waals surface area (Å²) in [6.07, 6.45) is 4.82. The molecular weight excluding hydrogens is 206 g/mol. The highest BCUT2D eigenvalue weighted by Crippen LogP contribution is 2.22. The fourth-order valence-corrected chi connectivity index (χ4v) is 1.97. The van der Waals surface area contributed by atoms with Crippen molar-refractivity contribution in [3.63, 3.8) is 0 Å². The van der Waals surface area contributed by atoms with Crippen LogP contribution < -0.4 is 10.6 Å². The molecule has 3 N–H and O–H groups in total. The lowest BCUT2D eigenvalue weighted by atomic mass is 10.0. The Hall–Kier alpha value is -1.62. The largest absolute Gasteiger partial charge is 0.478 e. The molecule has 0 unspecified atom stereocenters. The Morgan fingerprint density at radius 1 is 1.50 bits per heavy atom. The molecule has 5 nitrogen and oxygen atoms in total. The van der Waals surface area contributed by atoms with E-state index >= 15 is 0 Å². The predicted octanol–water partition coefficient (Wildman–Crippen LogP) is 0.707. The third-order valence-electron chi connectivity index (χ3n) is 2.91. The van der Waals surface area contributed by atoms with Gasteiger partial charge in [0.15, 0.2) is 0 Å². The first-order valence-electron chi connectivity index (χ1n) is 5.36. The first-order chi connectivity index (χ1) is 7.68. The van der Waals surface area contributed by atoms with E-state index in [1.807, 2.05) is 0 Å². The second-order valence-electron chi connectivity index (χ2n) is 4.02. The maximum absolute atomic E-state index is 11.0. The Morgan fingerprint density at radius 2 is 2.19 bits per heavy atom. The van der Waals surface area contributed by atoms with Crippen molar-refractivity contribution in [2.75, 3.05) is 18.0 Å². The van der Waals surface area contributed by atoms with Crippen LogP contribution in [-0.4, -0.2) is 35.2 Å². The van der Waals surface area contributed by atoms with E-state index in [-0.39, 0.29) is 11.6 Å². The Balaban J connectivity index is 2.23. The molecule has 1 aliphatic heterocycles. The zero-order chi connectivity index (χ0) is 11.5. The van der Waals surface area contributed by atoms with Crippen LogP contribution in [0.25, 0.3) is 0 Å². The minimum absolute atomic E-state index is 0.242. The van der Waals surface area contributed by atoms with E-state index in [9.17, 15) is 4.79 Å². The van der Waals surface area contributed by atoms with Crippen molar-refractivity contribution in [1.82, 2.24) is 4.98 Å². The van der Waals surface area contributed by atoms with Gasteiger partial charge in [0.05, 0.1) is 5.69 Å². The molecule has 0 bridgehead atoms. The van der Waals surface area contributed by atoms with E-state index in [4.69, 9.17) is 10.8 Å². The van der Waals surface area contributed by atoms with Crippen LogP contribution in [0.3, 0.4) is 0 Å². The summed E-state index contributed by atoms with van der Waals surface area (Å²) in [5.41, 5.74) is 6.82. The van der Waals surface area contributed by atoms with Gasteiger partial charge in [-0.25, -0.2) is 4.79 Å². The number of pyridine rings is 1. The zero-order valence-corrected chi connectivity index (χ0v) is 8.97. The number of nitrogens with two attached hydrogens (primary N) is 1. The van der Waals surface area contributed by atoms with Gasteiger partial charge in [-0.3, -0.25) is 4.98 Å². The summed E-state index contributed by atoms with van der Waals surface area (Å²) in [6.45, 7) is 1.62. The first kappa shape index (κ1) is 10.9. The van der Waals surface area contributed by atoms with Gasteiger partial charge in [0.2, 0.25) is 0 Å². The standard InChI is InChI=1S/C11H15N3O2/c12-8-2-5-14(6-3-8)10-1-4-13-7-9(10)11(15)16/h1,4,7-8H,2-3,5-6,12H2,(H,15,16). The van der Waals surface area contributed by atoms with Crippen molar-refractivity contribution in [1.29, 1.82) is 0 Å². The van der Waals surface area contributed by atoms with Gasteiger partial charge in [0.25, 0.3) is 0 Å². The summed E-state index contributed by atoms with van der Waals surface area (Å²) < 4.78 is 0. The molecule has 1 aliphatic rings. The number of carboxylic acid groups (broad SMARTS) is 1. The quantitative estimate of drug-likeness (QED) is 0.768. The van der Waals surface area contributed by atoms with E-state index < -0.39 is 5.97 Å². The van der Waals surface area contributed by atoms with Crippen LogP contribution in [0.4, 0.5) is 5.69 Å². The Labute approximate surface area is 93.9 Å². The van der Waals surface area contributed by atoms with Crippen LogP contribution in [-0.2, 0) is 0 Å². The molecule has 5 heteroatoms. The molecule has 86 valence electrons. The molecule has 16 heavy (non-hydrogen) atoms. The van der Waals surface area contributed by atoms with E-state index in [1.165, 1.54) is 6.20 Å². The van der Waals surface area contributed by atoms with E-state index in [0.29, 0.717) is 0 Å². The van der Waals surface area contributed by atoms with Gasteiger partial charge in [-0.2, -0.15) is 0 Å². The average Bonchev–Trinajstić information content (AvgIpc) is 2.30. The number of rotatable bonds is 2. The van der Waals surface area contributed by atoms with Crippen molar-refractivity contribution in [2.45, 2.75) is 18.9 Å². The number of carboxylic acids is 1. The molecule has 1 aromatic heterocycles. The molecule has 0 atom stereocenters. The van der Waals surface area contributed by atoms with Gasteiger partial charge in [-0.15, -0.1) is 0 Å². The normalized spacial score (nSPS) is 17.4. The lowest BCUT2D eigenvalue weighted by Gasteiger charge is -2.32. The molecule has 1 saturated heterocycles.